The molecule has 178 valence electrons. The molecule has 0 spiro atoms. The summed E-state index contributed by atoms with van der Waals surface area (Å²) in [5.74, 6) is -1.54. The summed E-state index contributed by atoms with van der Waals surface area (Å²) >= 11 is 0. The molecule has 0 atom stereocenters. The van der Waals surface area contributed by atoms with Gasteiger partial charge in [0.2, 0.25) is 15.9 Å². The van der Waals surface area contributed by atoms with Gasteiger partial charge in [0.05, 0.1) is 0 Å². The third-order valence-corrected chi connectivity index (χ3v) is 7.24. The van der Waals surface area contributed by atoms with E-state index in [1.54, 1.807) is 12.1 Å². The molecule has 1 aliphatic heterocycles. The second-order valence-corrected chi connectivity index (χ2v) is 9.80. The molecule has 33 heavy (non-hydrogen) atoms. The van der Waals surface area contributed by atoms with Crippen LogP contribution in [0, 0.1) is 12.8 Å². The highest BCUT2D eigenvalue weighted by Crippen LogP contribution is 2.25. The monoisotopic (exact) mass is 477 g/mol. The number of nitrogens with two attached hydrogens (primary N) is 1. The zero-order valence-electron chi connectivity index (χ0n) is 18.4. The first kappa shape index (κ1) is 24.3. The smallest absolute Gasteiger partial charge is 0.276 e. The van der Waals surface area contributed by atoms with Gasteiger partial charge in [-0.3, -0.25) is 25.2 Å². The molecular weight excluding hydrogens is 450 g/mol. The van der Waals surface area contributed by atoms with E-state index < -0.39 is 33.7 Å². The lowest BCUT2D eigenvalue weighted by atomic mass is 9.98. The summed E-state index contributed by atoms with van der Waals surface area (Å²) in [6.45, 7) is 1.91. The average Bonchev–Trinajstić information content (AvgIpc) is 3.19. The minimum Gasteiger partial charge on any atom is -0.484 e. The first-order valence-corrected chi connectivity index (χ1v) is 11.8. The zero-order valence-corrected chi connectivity index (χ0v) is 19.2. The number of benzene rings is 1. The number of amides is 3. The predicted molar refractivity (Wildman–Crippen MR) is 118 cm³/mol. The van der Waals surface area contributed by atoms with Crippen LogP contribution < -0.4 is 21.3 Å². The molecule has 2 aromatic rings. The van der Waals surface area contributed by atoms with Crippen molar-refractivity contribution < 1.29 is 27.5 Å². The zero-order chi connectivity index (χ0) is 24.2. The summed E-state index contributed by atoms with van der Waals surface area (Å²) in [5.41, 5.74) is 11.0. The molecule has 1 aromatic heterocycles. The molecule has 1 fully saturated rings. The van der Waals surface area contributed by atoms with Gasteiger partial charge in [-0.2, -0.15) is 4.31 Å². The lowest BCUT2D eigenvalue weighted by molar-refractivity contribution is -0.132. The van der Waals surface area contributed by atoms with Crippen molar-refractivity contribution in [3.05, 3.63) is 47.8 Å². The van der Waals surface area contributed by atoms with Crippen LogP contribution in [0.5, 0.6) is 5.75 Å². The number of ether oxygens (including phenoxy) is 1. The topological polar surface area (TPSA) is 153 Å². The number of aryl methyl sites for hydroxylation is 2. The second-order valence-electron chi connectivity index (χ2n) is 7.86. The standard InChI is InChI=1S/C21H27N5O6S/c1-14-4-3-5-16(10-14)32-13-19(27)23-24-21(29)15-6-8-26(9-7-15)33(30,31)17-11-18(20(22)28)25(2)12-17/h3-5,10-12,15H,6-9,13H2,1-2H3,(H2,22,28)(H,23,27)(H,24,29). The van der Waals surface area contributed by atoms with Crippen LogP contribution in [0.1, 0.15) is 28.9 Å². The number of rotatable bonds is 7. The minimum atomic E-state index is -3.82. The summed E-state index contributed by atoms with van der Waals surface area (Å²) in [5, 5.41) is 0. The number of hydrazine groups is 1. The van der Waals surface area contributed by atoms with Gasteiger partial charge in [-0.1, -0.05) is 12.1 Å². The molecule has 0 unspecified atom stereocenters. The molecule has 0 aliphatic carbocycles. The van der Waals surface area contributed by atoms with Gasteiger partial charge >= 0.3 is 0 Å². The highest BCUT2D eigenvalue weighted by atomic mass is 32.2. The van der Waals surface area contributed by atoms with Gasteiger partial charge in [-0.15, -0.1) is 0 Å². The van der Waals surface area contributed by atoms with Crippen molar-refractivity contribution in [3.8, 4) is 5.75 Å². The number of primary amides is 1. The van der Waals surface area contributed by atoms with E-state index in [2.05, 4.69) is 10.9 Å². The Labute approximate surface area is 191 Å². The Morgan fingerprint density at radius 1 is 1.15 bits per heavy atom. The van der Waals surface area contributed by atoms with Crippen LogP contribution in [0.15, 0.2) is 41.4 Å². The van der Waals surface area contributed by atoms with Gasteiger partial charge in [0.15, 0.2) is 6.61 Å². The molecule has 4 N–H and O–H groups in total. The summed E-state index contributed by atoms with van der Waals surface area (Å²) in [4.78, 5) is 35.7. The average molecular weight is 478 g/mol. The Morgan fingerprint density at radius 3 is 2.45 bits per heavy atom. The molecule has 1 aromatic carbocycles. The number of carbonyl (C=O) groups excluding carboxylic acids is 3. The summed E-state index contributed by atoms with van der Waals surface area (Å²) in [6, 6.07) is 8.47. The van der Waals surface area contributed by atoms with Crippen molar-refractivity contribution in [1.82, 2.24) is 19.7 Å². The maximum Gasteiger partial charge on any atom is 0.276 e. The van der Waals surface area contributed by atoms with Crippen LogP contribution in [0.4, 0.5) is 0 Å². The molecule has 11 nitrogen and oxygen atoms in total. The molecule has 12 heteroatoms. The molecule has 1 saturated heterocycles. The lowest BCUT2D eigenvalue weighted by Crippen LogP contribution is -2.49. The van der Waals surface area contributed by atoms with E-state index in [9.17, 15) is 22.8 Å². The molecule has 2 heterocycles. The Balaban J connectivity index is 1.47. The maximum atomic E-state index is 12.9. The quantitative estimate of drug-likeness (QED) is 0.480. The third kappa shape index (κ3) is 5.90. The second kappa shape index (κ2) is 10.0. The molecule has 3 amide bonds. The number of nitrogens with one attached hydrogen (secondary N) is 2. The van der Waals surface area contributed by atoms with Gasteiger partial charge in [-0.25, -0.2) is 8.42 Å². The molecular formula is C21H27N5O6S. The van der Waals surface area contributed by atoms with Crippen molar-refractivity contribution in [1.29, 1.82) is 0 Å². The largest absolute Gasteiger partial charge is 0.484 e. The number of piperidine rings is 1. The Morgan fingerprint density at radius 2 is 1.85 bits per heavy atom. The van der Waals surface area contributed by atoms with E-state index in [0.29, 0.717) is 5.75 Å². The number of sulfonamides is 1. The van der Waals surface area contributed by atoms with Crippen LogP contribution in [0.3, 0.4) is 0 Å². The van der Waals surface area contributed by atoms with Gasteiger partial charge in [0.25, 0.3) is 11.8 Å². The van der Waals surface area contributed by atoms with E-state index in [1.807, 2.05) is 19.1 Å². The van der Waals surface area contributed by atoms with Crippen molar-refractivity contribution in [2.45, 2.75) is 24.7 Å². The van der Waals surface area contributed by atoms with E-state index in [1.165, 1.54) is 28.2 Å². The van der Waals surface area contributed by atoms with Gasteiger partial charge in [0.1, 0.15) is 16.3 Å². The molecule has 0 radical (unpaired) electrons. The fourth-order valence-electron chi connectivity index (χ4n) is 3.55. The fourth-order valence-corrected chi connectivity index (χ4v) is 5.09. The first-order valence-electron chi connectivity index (χ1n) is 10.3. The number of carbonyl (C=O) groups is 3. The summed E-state index contributed by atoms with van der Waals surface area (Å²) < 4.78 is 33.7. The first-order chi connectivity index (χ1) is 15.6. The highest BCUT2D eigenvalue weighted by Gasteiger charge is 2.33. The van der Waals surface area contributed by atoms with E-state index >= 15 is 0 Å². The van der Waals surface area contributed by atoms with Crippen LogP contribution in [-0.2, 0) is 26.7 Å². The van der Waals surface area contributed by atoms with E-state index in [0.717, 1.165) is 5.56 Å². The number of aromatic nitrogens is 1. The third-order valence-electron chi connectivity index (χ3n) is 5.38. The molecule has 0 saturated carbocycles. The van der Waals surface area contributed by atoms with E-state index in [4.69, 9.17) is 10.5 Å². The highest BCUT2D eigenvalue weighted by molar-refractivity contribution is 7.89. The van der Waals surface area contributed by atoms with Crippen molar-refractivity contribution in [2.24, 2.45) is 18.7 Å². The lowest BCUT2D eigenvalue weighted by Gasteiger charge is -2.30. The number of hydrogen-bond acceptors (Lipinski definition) is 6. The Bertz CT molecular complexity index is 1150. The number of hydrogen-bond donors (Lipinski definition) is 3. The van der Waals surface area contributed by atoms with Crippen LogP contribution in [-0.4, -0.2) is 54.7 Å². The normalized spacial score (nSPS) is 15.1. The van der Waals surface area contributed by atoms with Gasteiger partial charge < -0.3 is 15.0 Å². The summed E-state index contributed by atoms with van der Waals surface area (Å²) in [7, 11) is -2.28. The Kier molecular flexibility index (Phi) is 7.39. The SMILES string of the molecule is Cc1cccc(OCC(=O)NNC(=O)C2CCN(S(=O)(=O)c3cc(C(N)=O)n(C)c3)CC2)c1. The van der Waals surface area contributed by atoms with Crippen LogP contribution in [0.2, 0.25) is 0 Å². The van der Waals surface area contributed by atoms with Gasteiger partial charge in [-0.05, 0) is 43.5 Å². The van der Waals surface area contributed by atoms with Crippen molar-refractivity contribution in [3.63, 3.8) is 0 Å². The Hall–Kier alpha value is -3.38. The van der Waals surface area contributed by atoms with Crippen LogP contribution in [0.25, 0.3) is 0 Å². The minimum absolute atomic E-state index is 0.0254. The van der Waals surface area contributed by atoms with E-state index in [-0.39, 0.29) is 43.1 Å². The molecule has 0 bridgehead atoms. The number of nitrogens with zero attached hydrogens (tertiary/aromatic N) is 2. The van der Waals surface area contributed by atoms with Crippen molar-refractivity contribution in [2.75, 3.05) is 19.7 Å². The predicted octanol–water partition coefficient (Wildman–Crippen LogP) is 0.0595. The summed E-state index contributed by atoms with van der Waals surface area (Å²) in [6.07, 6.45) is 1.91. The van der Waals surface area contributed by atoms with Gasteiger partial charge in [0, 0.05) is 32.3 Å². The fraction of sp³-hybridized carbons (Fsp3) is 0.381. The molecule has 1 aliphatic rings. The molecule has 3 rings (SSSR count). The van der Waals surface area contributed by atoms with Crippen molar-refractivity contribution >= 4 is 27.7 Å². The maximum absolute atomic E-state index is 12.9. The van der Waals surface area contributed by atoms with Crippen LogP contribution >= 0.6 is 0 Å².